The van der Waals surface area contributed by atoms with E-state index in [1.165, 1.54) is 6.33 Å². The maximum absolute atomic E-state index is 11.0. The molecule has 2 aromatic rings. The molecule has 0 saturated heterocycles. The van der Waals surface area contributed by atoms with Gasteiger partial charge >= 0.3 is 5.97 Å². The molecule has 1 aromatic carbocycles. The topological polar surface area (TPSA) is 66.3 Å². The Hall–Kier alpha value is -2.17. The lowest BCUT2D eigenvalue weighted by Crippen LogP contribution is -2.20. The molecule has 0 bridgehead atoms. The lowest BCUT2D eigenvalue weighted by Gasteiger charge is -2.19. The van der Waals surface area contributed by atoms with E-state index < -0.39 is 5.97 Å². The normalized spacial score (nSPS) is 10.6. The van der Waals surface area contributed by atoms with Gasteiger partial charge < -0.3 is 10.0 Å². The second kappa shape index (κ2) is 5.65. The Morgan fingerprint density at radius 2 is 2.16 bits per heavy atom. The fraction of sp³-hybridized carbons (Fsp3) is 0.357. The Kier molecular flexibility index (Phi) is 3.94. The van der Waals surface area contributed by atoms with E-state index in [1.807, 2.05) is 7.05 Å². The van der Waals surface area contributed by atoms with Gasteiger partial charge in [-0.15, -0.1) is 0 Å². The molecule has 0 saturated carbocycles. The number of hydrogen-bond acceptors (Lipinski definition) is 4. The highest BCUT2D eigenvalue weighted by atomic mass is 16.4. The number of benzene rings is 1. The zero-order valence-corrected chi connectivity index (χ0v) is 11.1. The molecule has 100 valence electrons. The molecule has 0 aliphatic rings. The van der Waals surface area contributed by atoms with Gasteiger partial charge in [0.1, 0.15) is 12.1 Å². The van der Waals surface area contributed by atoms with Gasteiger partial charge in [0.2, 0.25) is 0 Å². The van der Waals surface area contributed by atoms with Gasteiger partial charge in [-0.1, -0.05) is 13.3 Å². The Bertz CT molecular complexity index is 598. The number of hydrogen-bond donors (Lipinski definition) is 1. The number of anilines is 1. The molecule has 0 radical (unpaired) electrons. The minimum Gasteiger partial charge on any atom is -0.478 e. The van der Waals surface area contributed by atoms with E-state index in [4.69, 9.17) is 5.11 Å². The van der Waals surface area contributed by atoms with E-state index in [9.17, 15) is 4.79 Å². The fourth-order valence-corrected chi connectivity index (χ4v) is 1.98. The first-order chi connectivity index (χ1) is 9.13. The molecule has 1 heterocycles. The van der Waals surface area contributed by atoms with Crippen LogP contribution < -0.4 is 4.90 Å². The number of carboxylic acid groups (broad SMARTS) is 1. The average Bonchev–Trinajstić information content (AvgIpc) is 2.43. The Morgan fingerprint density at radius 3 is 2.84 bits per heavy atom. The number of carboxylic acids is 1. The molecule has 0 atom stereocenters. The van der Waals surface area contributed by atoms with Gasteiger partial charge in [0, 0.05) is 19.0 Å². The first kappa shape index (κ1) is 13.3. The van der Waals surface area contributed by atoms with Crippen molar-refractivity contribution >= 4 is 22.7 Å². The third kappa shape index (κ3) is 2.81. The van der Waals surface area contributed by atoms with E-state index >= 15 is 0 Å². The summed E-state index contributed by atoms with van der Waals surface area (Å²) in [5, 5.41) is 9.87. The third-order valence-corrected chi connectivity index (χ3v) is 3.07. The summed E-state index contributed by atoms with van der Waals surface area (Å²) < 4.78 is 0. The summed E-state index contributed by atoms with van der Waals surface area (Å²) in [5.41, 5.74) is 0.904. The van der Waals surface area contributed by atoms with Crippen molar-refractivity contribution in [1.29, 1.82) is 0 Å². The van der Waals surface area contributed by atoms with Crippen LogP contribution in [0.25, 0.3) is 10.9 Å². The van der Waals surface area contributed by atoms with Crippen molar-refractivity contribution in [2.45, 2.75) is 19.8 Å². The van der Waals surface area contributed by atoms with Crippen LogP contribution in [0.5, 0.6) is 0 Å². The SMILES string of the molecule is CCCCN(C)c1ncnc2cc(C(=O)O)ccc12. The molecular weight excluding hydrogens is 242 g/mol. The minimum atomic E-state index is -0.943. The van der Waals surface area contributed by atoms with Gasteiger partial charge in [-0.2, -0.15) is 0 Å². The van der Waals surface area contributed by atoms with Crippen LogP contribution in [0.2, 0.25) is 0 Å². The maximum Gasteiger partial charge on any atom is 0.335 e. The maximum atomic E-state index is 11.0. The van der Waals surface area contributed by atoms with Crippen molar-refractivity contribution in [2.24, 2.45) is 0 Å². The summed E-state index contributed by atoms with van der Waals surface area (Å²) in [6, 6.07) is 4.94. The van der Waals surface area contributed by atoms with Gasteiger partial charge in [-0.3, -0.25) is 0 Å². The molecule has 1 aromatic heterocycles. The molecule has 0 unspecified atom stereocenters. The summed E-state index contributed by atoms with van der Waals surface area (Å²) in [6.07, 6.45) is 3.69. The lowest BCUT2D eigenvalue weighted by atomic mass is 10.1. The van der Waals surface area contributed by atoms with Gasteiger partial charge in [0.05, 0.1) is 11.1 Å². The van der Waals surface area contributed by atoms with Crippen molar-refractivity contribution in [1.82, 2.24) is 9.97 Å². The van der Waals surface area contributed by atoms with Crippen LogP contribution in [-0.4, -0.2) is 34.6 Å². The zero-order valence-electron chi connectivity index (χ0n) is 11.1. The fourth-order valence-electron chi connectivity index (χ4n) is 1.98. The van der Waals surface area contributed by atoms with Gasteiger partial charge in [-0.25, -0.2) is 14.8 Å². The summed E-state index contributed by atoms with van der Waals surface area (Å²) in [6.45, 7) is 3.06. The largest absolute Gasteiger partial charge is 0.478 e. The lowest BCUT2D eigenvalue weighted by molar-refractivity contribution is 0.0697. The van der Waals surface area contributed by atoms with Gasteiger partial charge in [0.15, 0.2) is 0 Å². The van der Waals surface area contributed by atoms with Crippen LogP contribution in [-0.2, 0) is 0 Å². The van der Waals surface area contributed by atoms with Crippen LogP contribution in [0.4, 0.5) is 5.82 Å². The number of aromatic carboxylic acids is 1. The van der Waals surface area contributed by atoms with E-state index in [0.717, 1.165) is 30.6 Å². The van der Waals surface area contributed by atoms with E-state index in [2.05, 4.69) is 21.8 Å². The quantitative estimate of drug-likeness (QED) is 0.893. The highest BCUT2D eigenvalue weighted by Gasteiger charge is 2.10. The molecule has 0 aliphatic heterocycles. The predicted octanol–water partition coefficient (Wildman–Crippen LogP) is 2.56. The number of nitrogens with zero attached hydrogens (tertiary/aromatic N) is 3. The van der Waals surface area contributed by atoms with Crippen LogP contribution in [0.3, 0.4) is 0 Å². The van der Waals surface area contributed by atoms with E-state index in [0.29, 0.717) is 5.52 Å². The van der Waals surface area contributed by atoms with Crippen molar-refractivity contribution < 1.29 is 9.90 Å². The number of carbonyl (C=O) groups is 1. The number of unbranched alkanes of at least 4 members (excludes halogenated alkanes) is 1. The summed E-state index contributed by atoms with van der Waals surface area (Å²) >= 11 is 0. The van der Waals surface area contributed by atoms with Gasteiger partial charge in [0.25, 0.3) is 0 Å². The molecule has 0 aliphatic carbocycles. The molecule has 1 N–H and O–H groups in total. The van der Waals surface area contributed by atoms with Gasteiger partial charge in [-0.05, 0) is 24.6 Å². The highest BCUT2D eigenvalue weighted by molar-refractivity contribution is 5.96. The zero-order chi connectivity index (χ0) is 13.8. The summed E-state index contributed by atoms with van der Waals surface area (Å²) in [5.74, 6) is -0.100. The predicted molar refractivity (Wildman–Crippen MR) is 74.7 cm³/mol. The second-order valence-electron chi connectivity index (χ2n) is 4.51. The number of rotatable bonds is 5. The Balaban J connectivity index is 2.43. The van der Waals surface area contributed by atoms with Crippen molar-refractivity contribution in [3.05, 3.63) is 30.1 Å². The second-order valence-corrected chi connectivity index (χ2v) is 4.51. The molecule has 19 heavy (non-hydrogen) atoms. The monoisotopic (exact) mass is 259 g/mol. The molecule has 5 heteroatoms. The summed E-state index contributed by atoms with van der Waals surface area (Å²) in [7, 11) is 1.99. The molecule has 5 nitrogen and oxygen atoms in total. The molecule has 0 spiro atoms. The Labute approximate surface area is 111 Å². The smallest absolute Gasteiger partial charge is 0.335 e. The van der Waals surface area contributed by atoms with Crippen LogP contribution in [0.1, 0.15) is 30.1 Å². The number of aromatic nitrogens is 2. The van der Waals surface area contributed by atoms with Crippen LogP contribution >= 0.6 is 0 Å². The van der Waals surface area contributed by atoms with Crippen molar-refractivity contribution in [2.75, 3.05) is 18.5 Å². The first-order valence-electron chi connectivity index (χ1n) is 6.32. The Morgan fingerprint density at radius 1 is 1.37 bits per heavy atom. The van der Waals surface area contributed by atoms with Crippen LogP contribution in [0, 0.1) is 0 Å². The summed E-state index contributed by atoms with van der Waals surface area (Å²) in [4.78, 5) is 21.5. The molecule has 2 rings (SSSR count). The van der Waals surface area contributed by atoms with Crippen molar-refractivity contribution in [3.63, 3.8) is 0 Å². The molecular formula is C14H17N3O2. The highest BCUT2D eigenvalue weighted by Crippen LogP contribution is 2.23. The van der Waals surface area contributed by atoms with Crippen LogP contribution in [0.15, 0.2) is 24.5 Å². The standard InChI is InChI=1S/C14H17N3O2/c1-3-4-7-17(2)13-11-6-5-10(14(18)19)8-12(11)15-9-16-13/h5-6,8-9H,3-4,7H2,1-2H3,(H,18,19). The first-order valence-corrected chi connectivity index (χ1v) is 6.32. The van der Waals surface area contributed by atoms with E-state index in [-0.39, 0.29) is 5.56 Å². The number of fused-ring (bicyclic) bond motifs is 1. The molecule has 0 amide bonds. The third-order valence-electron chi connectivity index (χ3n) is 3.07. The average molecular weight is 259 g/mol. The molecule has 0 fully saturated rings. The van der Waals surface area contributed by atoms with E-state index in [1.54, 1.807) is 18.2 Å². The minimum absolute atomic E-state index is 0.244. The van der Waals surface area contributed by atoms with Crippen molar-refractivity contribution in [3.8, 4) is 0 Å².